The number of hydrogen-bond donors (Lipinski definition) is 0. The highest BCUT2D eigenvalue weighted by Gasteiger charge is 2.35. The van der Waals surface area contributed by atoms with Crippen LogP contribution < -0.4 is 0 Å². The van der Waals surface area contributed by atoms with E-state index in [1.165, 1.54) is 0 Å². The highest BCUT2D eigenvalue weighted by atomic mass is 35.5. The fourth-order valence-electron chi connectivity index (χ4n) is 2.41. The minimum absolute atomic E-state index is 0.150. The van der Waals surface area contributed by atoms with Crippen molar-refractivity contribution >= 4 is 17.5 Å². The largest absolute Gasteiger partial charge is 0.335 e. The van der Waals surface area contributed by atoms with Crippen molar-refractivity contribution in [3.8, 4) is 0 Å². The van der Waals surface area contributed by atoms with Crippen molar-refractivity contribution in [2.24, 2.45) is 5.41 Å². The van der Waals surface area contributed by atoms with Crippen LogP contribution in [0.15, 0.2) is 18.3 Å². The van der Waals surface area contributed by atoms with E-state index < -0.39 is 0 Å². The minimum atomic E-state index is -0.334. The zero-order chi connectivity index (χ0) is 13.3. The van der Waals surface area contributed by atoms with Gasteiger partial charge in [0.15, 0.2) is 0 Å². The quantitative estimate of drug-likeness (QED) is 0.730. The molecule has 1 unspecified atom stereocenters. The number of carbonyl (C=O) groups is 1. The van der Waals surface area contributed by atoms with Gasteiger partial charge in [-0.2, -0.15) is 0 Å². The normalized spacial score (nSPS) is 20.2. The van der Waals surface area contributed by atoms with Crippen molar-refractivity contribution in [3.63, 3.8) is 0 Å². The van der Waals surface area contributed by atoms with Crippen LogP contribution in [0.2, 0.25) is 5.15 Å². The van der Waals surface area contributed by atoms with Crippen molar-refractivity contribution in [1.82, 2.24) is 9.88 Å². The molecule has 1 aliphatic heterocycles. The first-order valence-electron chi connectivity index (χ1n) is 6.32. The molecule has 0 bridgehead atoms. The summed E-state index contributed by atoms with van der Waals surface area (Å²) in [5.74, 6) is 0.206. The zero-order valence-corrected chi connectivity index (χ0v) is 11.9. The van der Waals surface area contributed by atoms with Gasteiger partial charge in [-0.3, -0.25) is 4.79 Å². The molecule has 18 heavy (non-hydrogen) atoms. The lowest BCUT2D eigenvalue weighted by atomic mass is 9.93. The molecule has 1 aliphatic rings. The first-order chi connectivity index (χ1) is 8.39. The van der Waals surface area contributed by atoms with Crippen molar-refractivity contribution < 1.29 is 4.79 Å². The highest BCUT2D eigenvalue weighted by molar-refractivity contribution is 6.29. The maximum atomic E-state index is 12.4. The van der Waals surface area contributed by atoms with Gasteiger partial charge in [0.05, 0.1) is 6.04 Å². The minimum Gasteiger partial charge on any atom is -0.335 e. The smallest absolute Gasteiger partial charge is 0.228 e. The Morgan fingerprint density at radius 3 is 2.83 bits per heavy atom. The van der Waals surface area contributed by atoms with Crippen LogP contribution >= 0.6 is 11.6 Å². The summed E-state index contributed by atoms with van der Waals surface area (Å²) in [6.45, 7) is 6.72. The summed E-state index contributed by atoms with van der Waals surface area (Å²) in [6, 6.07) is 3.96. The summed E-state index contributed by atoms with van der Waals surface area (Å²) in [5.41, 5.74) is 0.754. The molecule has 1 amide bonds. The van der Waals surface area contributed by atoms with Crippen LogP contribution in [0, 0.1) is 5.41 Å². The number of hydrogen-bond acceptors (Lipinski definition) is 2. The molecule has 1 aromatic heterocycles. The number of amides is 1. The summed E-state index contributed by atoms with van der Waals surface area (Å²) in [5, 5.41) is 0.488. The highest BCUT2D eigenvalue weighted by Crippen LogP contribution is 2.35. The zero-order valence-electron chi connectivity index (χ0n) is 11.1. The van der Waals surface area contributed by atoms with E-state index in [0.29, 0.717) is 5.15 Å². The topological polar surface area (TPSA) is 33.2 Å². The van der Waals surface area contributed by atoms with Crippen LogP contribution in [0.3, 0.4) is 0 Å². The van der Waals surface area contributed by atoms with Gasteiger partial charge in [-0.05, 0) is 30.5 Å². The monoisotopic (exact) mass is 266 g/mol. The fraction of sp³-hybridized carbons (Fsp3) is 0.571. The molecule has 2 heterocycles. The average Bonchev–Trinajstić information content (AvgIpc) is 2.75. The van der Waals surface area contributed by atoms with Crippen molar-refractivity contribution in [1.29, 1.82) is 0 Å². The van der Waals surface area contributed by atoms with Crippen LogP contribution in [0.1, 0.15) is 45.2 Å². The Kier molecular flexibility index (Phi) is 3.62. The Balaban J connectivity index is 2.25. The Morgan fingerprint density at radius 2 is 2.22 bits per heavy atom. The molecule has 1 atom stereocenters. The molecule has 0 aromatic carbocycles. The van der Waals surface area contributed by atoms with E-state index >= 15 is 0 Å². The molecule has 98 valence electrons. The van der Waals surface area contributed by atoms with Gasteiger partial charge < -0.3 is 4.90 Å². The molecule has 0 saturated carbocycles. The molecule has 0 spiro atoms. The van der Waals surface area contributed by atoms with Gasteiger partial charge in [0.25, 0.3) is 0 Å². The van der Waals surface area contributed by atoms with E-state index in [4.69, 9.17) is 11.6 Å². The summed E-state index contributed by atoms with van der Waals surface area (Å²) in [6.07, 6.45) is 3.75. The molecule has 0 aliphatic carbocycles. The van der Waals surface area contributed by atoms with Crippen LogP contribution in [-0.4, -0.2) is 22.3 Å². The molecule has 4 heteroatoms. The van der Waals surface area contributed by atoms with Crippen LogP contribution in [-0.2, 0) is 4.79 Å². The van der Waals surface area contributed by atoms with Crippen LogP contribution in [0.5, 0.6) is 0 Å². The summed E-state index contributed by atoms with van der Waals surface area (Å²) >= 11 is 5.93. The average molecular weight is 267 g/mol. The lowest BCUT2D eigenvalue weighted by Gasteiger charge is -2.31. The third-order valence-corrected chi connectivity index (χ3v) is 3.50. The molecular weight excluding hydrogens is 248 g/mol. The van der Waals surface area contributed by atoms with Gasteiger partial charge in [0.1, 0.15) is 5.15 Å². The van der Waals surface area contributed by atoms with Gasteiger partial charge in [-0.1, -0.05) is 32.4 Å². The Bertz CT molecular complexity index is 453. The predicted molar refractivity (Wildman–Crippen MR) is 72.4 cm³/mol. The van der Waals surface area contributed by atoms with Gasteiger partial charge in [0, 0.05) is 18.2 Å². The molecule has 0 radical (unpaired) electrons. The van der Waals surface area contributed by atoms with E-state index in [1.54, 1.807) is 6.20 Å². The summed E-state index contributed by atoms with van der Waals surface area (Å²) < 4.78 is 0. The Hall–Kier alpha value is -1.09. The molecule has 1 aromatic rings. The third-order valence-electron chi connectivity index (χ3n) is 3.29. The van der Waals surface area contributed by atoms with Gasteiger partial charge in [-0.25, -0.2) is 4.98 Å². The van der Waals surface area contributed by atoms with Gasteiger partial charge in [-0.15, -0.1) is 0 Å². The number of nitrogens with zero attached hydrogens (tertiary/aromatic N) is 2. The lowest BCUT2D eigenvalue weighted by molar-refractivity contribution is -0.140. The number of pyridine rings is 1. The van der Waals surface area contributed by atoms with E-state index in [0.717, 1.165) is 24.9 Å². The van der Waals surface area contributed by atoms with E-state index in [1.807, 2.05) is 37.8 Å². The van der Waals surface area contributed by atoms with Crippen molar-refractivity contribution in [2.45, 2.75) is 39.7 Å². The van der Waals surface area contributed by atoms with Crippen LogP contribution in [0.25, 0.3) is 0 Å². The van der Waals surface area contributed by atoms with Crippen LogP contribution in [0.4, 0.5) is 0 Å². The number of likely N-dealkylation sites (tertiary alicyclic amines) is 1. The maximum absolute atomic E-state index is 12.4. The second-order valence-corrected chi connectivity index (χ2v) is 6.21. The third kappa shape index (κ3) is 2.66. The summed E-state index contributed by atoms with van der Waals surface area (Å²) in [7, 11) is 0. The standard InChI is InChI=1S/C14H19ClN2O/c1-14(2,3)13(18)17-8-4-5-11(17)10-6-7-16-12(15)9-10/h6-7,9,11H,4-5,8H2,1-3H3. The Labute approximate surface area is 113 Å². The SMILES string of the molecule is CC(C)(C)C(=O)N1CCCC1c1ccnc(Cl)c1. The number of halogens is 1. The van der Waals surface area contributed by atoms with E-state index in [2.05, 4.69) is 4.98 Å². The van der Waals surface area contributed by atoms with E-state index in [-0.39, 0.29) is 17.4 Å². The first-order valence-corrected chi connectivity index (χ1v) is 6.70. The lowest BCUT2D eigenvalue weighted by Crippen LogP contribution is -2.38. The van der Waals surface area contributed by atoms with Crippen molar-refractivity contribution in [3.05, 3.63) is 29.0 Å². The van der Waals surface area contributed by atoms with Crippen molar-refractivity contribution in [2.75, 3.05) is 6.54 Å². The second-order valence-electron chi connectivity index (χ2n) is 5.82. The second kappa shape index (κ2) is 4.88. The van der Waals surface area contributed by atoms with Gasteiger partial charge in [0.2, 0.25) is 5.91 Å². The summed E-state index contributed by atoms with van der Waals surface area (Å²) in [4.78, 5) is 18.4. The first kappa shape index (κ1) is 13.3. The van der Waals surface area contributed by atoms with E-state index in [9.17, 15) is 4.79 Å². The Morgan fingerprint density at radius 1 is 1.50 bits per heavy atom. The number of carbonyl (C=O) groups excluding carboxylic acids is 1. The molecule has 3 nitrogen and oxygen atoms in total. The molecule has 0 N–H and O–H groups in total. The number of rotatable bonds is 1. The fourth-order valence-corrected chi connectivity index (χ4v) is 2.59. The molecular formula is C14H19ClN2O. The maximum Gasteiger partial charge on any atom is 0.228 e. The molecule has 1 fully saturated rings. The molecule has 1 saturated heterocycles. The number of aromatic nitrogens is 1. The molecule has 2 rings (SSSR count). The predicted octanol–water partition coefficient (Wildman–Crippen LogP) is 3.44. The van der Waals surface area contributed by atoms with Gasteiger partial charge >= 0.3 is 0 Å².